The highest BCUT2D eigenvalue weighted by Crippen LogP contribution is 2.32. The summed E-state index contributed by atoms with van der Waals surface area (Å²) < 4.78 is 7.81. The highest BCUT2D eigenvalue weighted by atomic mass is 16.6. The van der Waals surface area contributed by atoms with Gasteiger partial charge < -0.3 is 9.84 Å². The summed E-state index contributed by atoms with van der Waals surface area (Å²) in [6.45, 7) is 4.16. The number of rotatable bonds is 8. The standard InChI is InChI=1S/C32H35N3O4/c1-3-4-14-30-34-28-18-15-22(33-32(38)39-24-10-6-5-7-11-24)20-29(28)35(30)23-16-17-25(21(2)19-23)26-12-8-9-13-27(26)31(36)37/h8-9,12-13,15-20,24H,3-7,10-11,14H2,1-2H3,(H,33,38)(H,36,37). The SMILES string of the molecule is CCCCc1nc2ccc(NC(=O)OC3CCCCC3)cc2n1-c1ccc(-c2ccccc2C(=O)O)c(C)c1. The van der Waals surface area contributed by atoms with Crippen LogP contribution in [0.1, 0.15) is 73.6 Å². The number of aromatic nitrogens is 2. The molecule has 0 aliphatic heterocycles. The quantitative estimate of drug-likeness (QED) is 0.244. The summed E-state index contributed by atoms with van der Waals surface area (Å²) in [5, 5.41) is 12.6. The molecule has 1 aliphatic rings. The first kappa shape index (κ1) is 26.5. The van der Waals surface area contributed by atoms with Gasteiger partial charge in [0.1, 0.15) is 11.9 Å². The minimum atomic E-state index is -0.946. The number of fused-ring (bicyclic) bond motifs is 1. The van der Waals surface area contributed by atoms with E-state index in [4.69, 9.17) is 9.72 Å². The van der Waals surface area contributed by atoms with Crippen LogP contribution in [0, 0.1) is 6.92 Å². The number of carbonyl (C=O) groups excluding carboxylic acids is 1. The molecular formula is C32H35N3O4. The van der Waals surface area contributed by atoms with Gasteiger partial charge in [0.15, 0.2) is 0 Å². The number of imidazole rings is 1. The summed E-state index contributed by atoms with van der Waals surface area (Å²) in [6.07, 6.45) is 7.69. The van der Waals surface area contributed by atoms with E-state index < -0.39 is 12.1 Å². The predicted octanol–water partition coefficient (Wildman–Crippen LogP) is 7.92. The van der Waals surface area contributed by atoms with Crippen LogP contribution in [-0.2, 0) is 11.2 Å². The number of benzene rings is 3. The Morgan fingerprint density at radius 2 is 1.82 bits per heavy atom. The number of ether oxygens (including phenoxy) is 1. The number of amides is 1. The van der Waals surface area contributed by atoms with Gasteiger partial charge in [0.25, 0.3) is 0 Å². The number of carboxylic acid groups (broad SMARTS) is 1. The van der Waals surface area contributed by atoms with Gasteiger partial charge in [0, 0.05) is 17.8 Å². The Morgan fingerprint density at radius 3 is 2.56 bits per heavy atom. The second-order valence-corrected chi connectivity index (χ2v) is 10.3. The number of nitrogens with one attached hydrogen (secondary N) is 1. The number of aryl methyl sites for hydroxylation is 2. The molecule has 0 unspecified atom stereocenters. The molecule has 3 aromatic carbocycles. The molecule has 0 spiro atoms. The van der Waals surface area contributed by atoms with E-state index in [2.05, 4.69) is 22.9 Å². The zero-order valence-electron chi connectivity index (χ0n) is 22.6. The predicted molar refractivity (Wildman–Crippen MR) is 154 cm³/mol. The monoisotopic (exact) mass is 525 g/mol. The molecule has 202 valence electrons. The van der Waals surface area contributed by atoms with Crippen molar-refractivity contribution >= 4 is 28.8 Å². The van der Waals surface area contributed by atoms with Gasteiger partial charge in [-0.05, 0) is 92.1 Å². The van der Waals surface area contributed by atoms with Crippen LogP contribution >= 0.6 is 0 Å². The number of carboxylic acids is 1. The number of anilines is 1. The largest absolute Gasteiger partial charge is 0.478 e. The zero-order chi connectivity index (χ0) is 27.4. The second kappa shape index (κ2) is 11.7. The van der Waals surface area contributed by atoms with Crippen molar-refractivity contribution in [1.29, 1.82) is 0 Å². The summed E-state index contributed by atoms with van der Waals surface area (Å²) in [4.78, 5) is 29.4. The molecule has 5 rings (SSSR count). The Kier molecular flexibility index (Phi) is 7.96. The van der Waals surface area contributed by atoms with Crippen LogP contribution in [0.5, 0.6) is 0 Å². The Balaban J connectivity index is 1.50. The van der Waals surface area contributed by atoms with Crippen LogP contribution in [0.4, 0.5) is 10.5 Å². The molecule has 7 nitrogen and oxygen atoms in total. The fourth-order valence-electron chi connectivity index (χ4n) is 5.47. The summed E-state index contributed by atoms with van der Waals surface area (Å²) in [5.74, 6) is 0.00504. The maximum atomic E-state index is 12.6. The lowest BCUT2D eigenvalue weighted by atomic mass is 9.95. The molecule has 0 saturated heterocycles. The van der Waals surface area contributed by atoms with E-state index in [9.17, 15) is 14.7 Å². The lowest BCUT2D eigenvalue weighted by molar-refractivity contribution is 0.0697. The van der Waals surface area contributed by atoms with Gasteiger partial charge in [0.05, 0.1) is 16.6 Å². The summed E-state index contributed by atoms with van der Waals surface area (Å²) in [7, 11) is 0. The molecule has 39 heavy (non-hydrogen) atoms. The molecule has 0 radical (unpaired) electrons. The topological polar surface area (TPSA) is 93.5 Å². The van der Waals surface area contributed by atoms with E-state index in [0.717, 1.165) is 78.6 Å². The van der Waals surface area contributed by atoms with Crippen molar-refractivity contribution in [2.75, 3.05) is 5.32 Å². The molecule has 0 atom stereocenters. The molecular weight excluding hydrogens is 490 g/mol. The van der Waals surface area contributed by atoms with Gasteiger partial charge >= 0.3 is 12.1 Å². The minimum absolute atomic E-state index is 0.0126. The lowest BCUT2D eigenvalue weighted by Crippen LogP contribution is -2.24. The Labute approximate surface area is 228 Å². The summed E-state index contributed by atoms with van der Waals surface area (Å²) in [5.41, 5.74) is 6.17. The number of unbranched alkanes of at least 4 members (excludes halogenated alkanes) is 1. The normalized spacial score (nSPS) is 13.9. The van der Waals surface area contributed by atoms with Crippen LogP contribution < -0.4 is 5.32 Å². The fourth-order valence-corrected chi connectivity index (χ4v) is 5.47. The van der Waals surface area contributed by atoms with Gasteiger partial charge in [-0.1, -0.05) is 44.0 Å². The highest BCUT2D eigenvalue weighted by molar-refractivity contribution is 5.96. The van der Waals surface area contributed by atoms with Crippen molar-refractivity contribution in [3.63, 3.8) is 0 Å². The van der Waals surface area contributed by atoms with E-state index in [1.54, 1.807) is 12.1 Å². The Hall–Kier alpha value is -4.13. The van der Waals surface area contributed by atoms with Crippen LogP contribution in [0.2, 0.25) is 0 Å². The van der Waals surface area contributed by atoms with Gasteiger partial charge in [0.2, 0.25) is 0 Å². The van der Waals surface area contributed by atoms with E-state index in [1.165, 1.54) is 6.42 Å². The van der Waals surface area contributed by atoms with E-state index >= 15 is 0 Å². The number of aromatic carboxylic acids is 1. The maximum absolute atomic E-state index is 12.6. The molecule has 1 fully saturated rings. The van der Waals surface area contributed by atoms with Crippen LogP contribution in [0.15, 0.2) is 60.7 Å². The molecule has 1 amide bonds. The minimum Gasteiger partial charge on any atom is -0.478 e. The molecule has 1 aliphatic carbocycles. The lowest BCUT2D eigenvalue weighted by Gasteiger charge is -2.21. The van der Waals surface area contributed by atoms with Crippen LogP contribution in [0.3, 0.4) is 0 Å². The molecule has 7 heteroatoms. The number of carbonyl (C=O) groups is 2. The number of nitrogens with zero attached hydrogens (tertiary/aromatic N) is 2. The fraction of sp³-hybridized carbons (Fsp3) is 0.344. The summed E-state index contributed by atoms with van der Waals surface area (Å²) >= 11 is 0. The molecule has 4 aromatic rings. The van der Waals surface area contributed by atoms with Crippen molar-refractivity contribution in [3.05, 3.63) is 77.6 Å². The third-order valence-corrected chi connectivity index (χ3v) is 7.47. The van der Waals surface area contributed by atoms with E-state index in [-0.39, 0.29) is 11.7 Å². The molecule has 0 bridgehead atoms. The van der Waals surface area contributed by atoms with Crippen molar-refractivity contribution in [3.8, 4) is 16.8 Å². The second-order valence-electron chi connectivity index (χ2n) is 10.3. The average molecular weight is 526 g/mol. The Bertz CT molecular complexity index is 1500. The van der Waals surface area contributed by atoms with Crippen molar-refractivity contribution < 1.29 is 19.4 Å². The molecule has 1 saturated carbocycles. The zero-order valence-corrected chi connectivity index (χ0v) is 22.6. The number of hydrogen-bond acceptors (Lipinski definition) is 4. The highest BCUT2D eigenvalue weighted by Gasteiger charge is 2.19. The molecule has 2 N–H and O–H groups in total. The van der Waals surface area contributed by atoms with Gasteiger partial charge in [-0.2, -0.15) is 0 Å². The van der Waals surface area contributed by atoms with E-state index in [0.29, 0.717) is 11.3 Å². The first-order valence-electron chi connectivity index (χ1n) is 13.9. The van der Waals surface area contributed by atoms with Gasteiger partial charge in [-0.15, -0.1) is 0 Å². The van der Waals surface area contributed by atoms with Crippen molar-refractivity contribution in [1.82, 2.24) is 9.55 Å². The van der Waals surface area contributed by atoms with Crippen LogP contribution in [-0.4, -0.2) is 32.8 Å². The molecule has 1 heterocycles. The van der Waals surface area contributed by atoms with Crippen molar-refractivity contribution in [2.24, 2.45) is 0 Å². The Morgan fingerprint density at radius 1 is 1.03 bits per heavy atom. The average Bonchev–Trinajstić information content (AvgIpc) is 3.29. The first-order chi connectivity index (χ1) is 18.9. The smallest absolute Gasteiger partial charge is 0.411 e. The van der Waals surface area contributed by atoms with Crippen molar-refractivity contribution in [2.45, 2.75) is 71.3 Å². The van der Waals surface area contributed by atoms with Gasteiger partial charge in [-0.3, -0.25) is 9.88 Å². The van der Waals surface area contributed by atoms with Gasteiger partial charge in [-0.25, -0.2) is 14.6 Å². The third-order valence-electron chi connectivity index (χ3n) is 7.47. The van der Waals surface area contributed by atoms with Crippen LogP contribution in [0.25, 0.3) is 27.8 Å². The summed E-state index contributed by atoms with van der Waals surface area (Å²) in [6, 6.07) is 18.9. The van der Waals surface area contributed by atoms with E-state index in [1.807, 2.05) is 49.4 Å². The first-order valence-corrected chi connectivity index (χ1v) is 13.9. The molecule has 1 aromatic heterocycles. The third kappa shape index (κ3) is 5.82. The number of hydrogen-bond donors (Lipinski definition) is 2. The maximum Gasteiger partial charge on any atom is 0.411 e.